The Morgan fingerprint density at radius 3 is 2.49 bits per heavy atom. The number of aromatic nitrogens is 1. The SMILES string of the molecule is CCCCc1ccc(CCc2ccc(O)c(OCCc3cc(C(CCC(O)C(C)O)C4CCCC4)c[nH]3)c2)o1. The van der Waals surface area contributed by atoms with E-state index in [9.17, 15) is 15.3 Å². The van der Waals surface area contributed by atoms with Gasteiger partial charge in [-0.25, -0.2) is 0 Å². The minimum absolute atomic E-state index is 0.156. The molecular weight excluding hydrogens is 490 g/mol. The Bertz CT molecular complexity index is 1130. The molecule has 2 heterocycles. The van der Waals surface area contributed by atoms with Gasteiger partial charge in [0, 0.05) is 31.2 Å². The third-order valence-corrected chi connectivity index (χ3v) is 8.30. The fourth-order valence-electron chi connectivity index (χ4n) is 5.85. The molecule has 1 aromatic carbocycles. The fraction of sp³-hybridized carbons (Fsp3) is 0.576. The number of H-pyrrole nitrogens is 1. The minimum Gasteiger partial charge on any atom is -0.504 e. The van der Waals surface area contributed by atoms with Gasteiger partial charge in [-0.1, -0.05) is 32.3 Å². The lowest BCUT2D eigenvalue weighted by Gasteiger charge is -2.24. The van der Waals surface area contributed by atoms with Crippen molar-refractivity contribution in [1.29, 1.82) is 0 Å². The number of benzene rings is 1. The molecule has 1 aliphatic rings. The summed E-state index contributed by atoms with van der Waals surface area (Å²) in [6.45, 7) is 4.30. The van der Waals surface area contributed by atoms with Crippen LogP contribution in [0, 0.1) is 5.92 Å². The molecule has 4 N–H and O–H groups in total. The number of phenolic OH excluding ortho intramolecular Hbond substituents is 1. The highest BCUT2D eigenvalue weighted by atomic mass is 16.5. The molecule has 0 saturated heterocycles. The Labute approximate surface area is 233 Å². The van der Waals surface area contributed by atoms with Crippen molar-refractivity contribution in [2.24, 2.45) is 5.92 Å². The topological polar surface area (TPSA) is 98.9 Å². The number of phenols is 1. The Kier molecular flexibility index (Phi) is 11.0. The van der Waals surface area contributed by atoms with Crippen molar-refractivity contribution in [2.45, 2.75) is 109 Å². The van der Waals surface area contributed by atoms with E-state index in [0.29, 0.717) is 37.0 Å². The molecule has 0 spiro atoms. The van der Waals surface area contributed by atoms with Gasteiger partial charge < -0.3 is 29.5 Å². The van der Waals surface area contributed by atoms with Crippen LogP contribution in [0.5, 0.6) is 11.5 Å². The Morgan fingerprint density at radius 2 is 1.74 bits per heavy atom. The number of hydrogen-bond acceptors (Lipinski definition) is 5. The van der Waals surface area contributed by atoms with Crippen LogP contribution in [0.25, 0.3) is 0 Å². The first-order valence-electron chi connectivity index (χ1n) is 15.0. The minimum atomic E-state index is -0.698. The Hall–Kier alpha value is -2.70. The van der Waals surface area contributed by atoms with Crippen LogP contribution in [0.15, 0.2) is 47.0 Å². The van der Waals surface area contributed by atoms with Gasteiger partial charge in [-0.05, 0) is 98.7 Å². The first-order valence-corrected chi connectivity index (χ1v) is 15.0. The molecule has 0 bridgehead atoms. The Morgan fingerprint density at radius 1 is 0.974 bits per heavy atom. The molecule has 1 fully saturated rings. The molecule has 3 unspecified atom stereocenters. The number of aromatic amines is 1. The van der Waals surface area contributed by atoms with Gasteiger partial charge in [0.2, 0.25) is 0 Å². The highest BCUT2D eigenvalue weighted by molar-refractivity contribution is 5.42. The zero-order chi connectivity index (χ0) is 27.6. The molecule has 39 heavy (non-hydrogen) atoms. The first kappa shape index (κ1) is 29.3. The summed E-state index contributed by atoms with van der Waals surface area (Å²) in [4.78, 5) is 3.42. The molecule has 3 atom stereocenters. The van der Waals surface area contributed by atoms with Crippen LogP contribution in [0.2, 0.25) is 0 Å². The lowest BCUT2D eigenvalue weighted by molar-refractivity contribution is 0.0229. The summed E-state index contributed by atoms with van der Waals surface area (Å²) < 4.78 is 12.0. The molecule has 6 nitrogen and oxygen atoms in total. The Balaban J connectivity index is 1.29. The monoisotopic (exact) mass is 537 g/mol. The number of nitrogens with one attached hydrogen (secondary N) is 1. The number of aliphatic hydroxyl groups is 2. The van der Waals surface area contributed by atoms with Gasteiger partial charge in [-0.2, -0.15) is 0 Å². The average molecular weight is 538 g/mol. The van der Waals surface area contributed by atoms with Gasteiger partial charge >= 0.3 is 0 Å². The highest BCUT2D eigenvalue weighted by Gasteiger charge is 2.28. The van der Waals surface area contributed by atoms with Crippen molar-refractivity contribution < 1.29 is 24.5 Å². The average Bonchev–Trinajstić information content (AvgIpc) is 3.71. The van der Waals surface area contributed by atoms with E-state index in [1.165, 1.54) is 31.2 Å². The zero-order valence-corrected chi connectivity index (χ0v) is 23.7. The van der Waals surface area contributed by atoms with Crippen molar-refractivity contribution >= 4 is 0 Å². The van der Waals surface area contributed by atoms with E-state index in [4.69, 9.17) is 9.15 Å². The van der Waals surface area contributed by atoms with Gasteiger partial charge in [-0.3, -0.25) is 0 Å². The van der Waals surface area contributed by atoms with Crippen LogP contribution in [0.4, 0.5) is 0 Å². The quantitative estimate of drug-likeness (QED) is 0.160. The fourth-order valence-corrected chi connectivity index (χ4v) is 5.85. The maximum atomic E-state index is 10.4. The predicted molar refractivity (Wildman–Crippen MR) is 154 cm³/mol. The smallest absolute Gasteiger partial charge is 0.161 e. The molecule has 1 saturated carbocycles. The van der Waals surface area contributed by atoms with Gasteiger partial charge in [0.15, 0.2) is 11.5 Å². The largest absolute Gasteiger partial charge is 0.504 e. The van der Waals surface area contributed by atoms with E-state index in [0.717, 1.165) is 61.3 Å². The first-order chi connectivity index (χ1) is 18.9. The maximum Gasteiger partial charge on any atom is 0.161 e. The second-order valence-electron chi connectivity index (χ2n) is 11.4. The zero-order valence-electron chi connectivity index (χ0n) is 23.7. The van der Waals surface area contributed by atoms with Crippen LogP contribution in [-0.2, 0) is 25.7 Å². The lowest BCUT2D eigenvalue weighted by Crippen LogP contribution is -2.23. The van der Waals surface area contributed by atoms with Crippen molar-refractivity contribution in [3.8, 4) is 11.5 Å². The van der Waals surface area contributed by atoms with E-state index in [-0.39, 0.29) is 5.75 Å². The molecule has 4 rings (SSSR count). The van der Waals surface area contributed by atoms with Crippen LogP contribution >= 0.6 is 0 Å². The van der Waals surface area contributed by atoms with Crippen LogP contribution in [0.3, 0.4) is 0 Å². The van der Waals surface area contributed by atoms with Crippen LogP contribution < -0.4 is 4.74 Å². The molecule has 0 radical (unpaired) electrons. The number of aryl methyl sites for hydroxylation is 3. The molecule has 3 aromatic rings. The van der Waals surface area contributed by atoms with E-state index >= 15 is 0 Å². The van der Waals surface area contributed by atoms with Crippen molar-refractivity contribution in [2.75, 3.05) is 6.61 Å². The number of rotatable bonds is 16. The second kappa shape index (κ2) is 14.6. The second-order valence-corrected chi connectivity index (χ2v) is 11.4. The summed E-state index contributed by atoms with van der Waals surface area (Å²) in [6.07, 6.45) is 12.9. The molecule has 0 amide bonds. The van der Waals surface area contributed by atoms with E-state index in [1.54, 1.807) is 13.0 Å². The highest BCUT2D eigenvalue weighted by Crippen LogP contribution is 2.40. The third kappa shape index (κ3) is 8.64. The van der Waals surface area contributed by atoms with Crippen molar-refractivity contribution in [3.63, 3.8) is 0 Å². The van der Waals surface area contributed by atoms with E-state index in [2.05, 4.69) is 36.3 Å². The van der Waals surface area contributed by atoms with Gasteiger partial charge in [0.05, 0.1) is 18.8 Å². The van der Waals surface area contributed by atoms with Crippen molar-refractivity contribution in [1.82, 2.24) is 4.98 Å². The lowest BCUT2D eigenvalue weighted by atomic mass is 9.82. The summed E-state index contributed by atoms with van der Waals surface area (Å²) in [7, 11) is 0. The van der Waals surface area contributed by atoms with Crippen LogP contribution in [-0.4, -0.2) is 39.1 Å². The summed E-state index contributed by atoms with van der Waals surface area (Å²) in [5.41, 5.74) is 3.50. The molecule has 214 valence electrons. The van der Waals surface area contributed by atoms with Gasteiger partial charge in [-0.15, -0.1) is 0 Å². The number of aliphatic hydroxyl groups excluding tert-OH is 2. The number of aromatic hydroxyl groups is 1. The summed E-state index contributed by atoms with van der Waals surface area (Å²) >= 11 is 0. The standard InChI is InChI=1S/C33H47NO5/c1-3-4-9-28-13-14-29(39-28)12-10-24-11-16-32(37)33(20-24)38-19-18-27-21-26(22-34-27)30(25-7-5-6-8-25)15-17-31(36)23(2)35/h11,13-14,16,20-23,25,30-31,34-37H,3-10,12,15,17-19H2,1-2H3. The van der Waals surface area contributed by atoms with Crippen molar-refractivity contribution in [3.05, 3.63) is 70.9 Å². The molecular formula is C33H47NO5. The number of furan rings is 1. The van der Waals surface area contributed by atoms with E-state index in [1.807, 2.05) is 12.1 Å². The molecule has 2 aromatic heterocycles. The number of ether oxygens (including phenoxy) is 1. The summed E-state index contributed by atoms with van der Waals surface area (Å²) in [6, 6.07) is 12.0. The summed E-state index contributed by atoms with van der Waals surface area (Å²) in [5.74, 6) is 3.75. The maximum absolute atomic E-state index is 10.4. The van der Waals surface area contributed by atoms with Crippen LogP contribution in [0.1, 0.15) is 99.5 Å². The van der Waals surface area contributed by atoms with E-state index < -0.39 is 12.2 Å². The van der Waals surface area contributed by atoms with Gasteiger partial charge in [0.25, 0.3) is 0 Å². The van der Waals surface area contributed by atoms with Gasteiger partial charge in [0.1, 0.15) is 11.5 Å². The predicted octanol–water partition coefficient (Wildman–Crippen LogP) is 6.86. The third-order valence-electron chi connectivity index (χ3n) is 8.30. The molecule has 6 heteroatoms. The molecule has 1 aliphatic carbocycles. The summed E-state index contributed by atoms with van der Waals surface area (Å²) in [5, 5.41) is 30.2. The molecule has 0 aliphatic heterocycles. The normalized spacial score (nSPS) is 16.4. The number of unbranched alkanes of at least 4 members (excludes halogenated alkanes) is 1. The number of hydrogen-bond donors (Lipinski definition) is 4.